The molecule has 60 valence electrons. The first-order valence-electron chi connectivity index (χ1n) is 3.54. The summed E-state index contributed by atoms with van der Waals surface area (Å²) in [6, 6.07) is 0. The summed E-state index contributed by atoms with van der Waals surface area (Å²) in [7, 11) is 1.89. The van der Waals surface area contributed by atoms with Crippen molar-refractivity contribution in [1.82, 2.24) is 9.78 Å². The van der Waals surface area contributed by atoms with Crippen LogP contribution < -0.4 is 0 Å². The Bertz CT molecular complexity index is 291. The average Bonchev–Trinajstić information content (AvgIpc) is 2.60. The monoisotopic (exact) mass is 264 g/mol. The zero-order valence-corrected chi connectivity index (χ0v) is 8.37. The molecule has 11 heavy (non-hydrogen) atoms. The van der Waals surface area contributed by atoms with Crippen molar-refractivity contribution in [2.45, 2.75) is 18.4 Å². The van der Waals surface area contributed by atoms with Gasteiger partial charge < -0.3 is 5.11 Å². The average molecular weight is 264 g/mol. The molecule has 1 heterocycles. The van der Waals surface area contributed by atoms with Crippen molar-refractivity contribution in [3.8, 4) is 0 Å². The zero-order valence-electron chi connectivity index (χ0n) is 6.21. The minimum absolute atomic E-state index is 0.537. The Morgan fingerprint density at radius 1 is 1.73 bits per heavy atom. The standard InChI is InChI=1S/C7H9IN2O/c1-10-6(8)5(4-9-10)7(11)2-3-7/h4,11H,2-3H2,1H3. The van der Waals surface area contributed by atoms with Gasteiger partial charge in [-0.15, -0.1) is 0 Å². The van der Waals surface area contributed by atoms with Crippen LogP contribution in [0.25, 0.3) is 0 Å². The van der Waals surface area contributed by atoms with Crippen LogP contribution in [0.4, 0.5) is 0 Å². The van der Waals surface area contributed by atoms with Crippen LogP contribution in [0.2, 0.25) is 0 Å². The van der Waals surface area contributed by atoms with Crippen molar-refractivity contribution in [3.05, 3.63) is 15.5 Å². The summed E-state index contributed by atoms with van der Waals surface area (Å²) in [5, 5.41) is 13.8. The van der Waals surface area contributed by atoms with Crippen LogP contribution in [0.15, 0.2) is 6.20 Å². The molecule has 0 spiro atoms. The highest BCUT2D eigenvalue weighted by atomic mass is 127. The number of aryl methyl sites for hydroxylation is 1. The van der Waals surface area contributed by atoms with E-state index in [2.05, 4.69) is 27.7 Å². The fourth-order valence-electron chi connectivity index (χ4n) is 1.12. The second kappa shape index (κ2) is 2.20. The van der Waals surface area contributed by atoms with Crippen LogP contribution in [0, 0.1) is 3.70 Å². The highest BCUT2D eigenvalue weighted by Crippen LogP contribution is 2.46. The predicted molar refractivity (Wildman–Crippen MR) is 49.1 cm³/mol. The molecule has 0 unspecified atom stereocenters. The zero-order chi connectivity index (χ0) is 8.06. The molecular weight excluding hydrogens is 255 g/mol. The van der Waals surface area contributed by atoms with Crippen LogP contribution in [-0.4, -0.2) is 14.9 Å². The summed E-state index contributed by atoms with van der Waals surface area (Å²) in [5.74, 6) is 0. The SMILES string of the molecule is Cn1ncc(C2(O)CC2)c1I. The number of hydrogen-bond acceptors (Lipinski definition) is 2. The molecule has 2 rings (SSSR count). The predicted octanol–water partition coefficient (Wildman–Crippen LogP) is 1.01. The van der Waals surface area contributed by atoms with Gasteiger partial charge in [0.25, 0.3) is 0 Å². The lowest BCUT2D eigenvalue weighted by Crippen LogP contribution is -2.05. The molecule has 4 heteroatoms. The van der Waals surface area contributed by atoms with Gasteiger partial charge in [0.1, 0.15) is 3.70 Å². The van der Waals surface area contributed by atoms with Crippen LogP contribution in [-0.2, 0) is 12.6 Å². The van der Waals surface area contributed by atoms with Crippen molar-refractivity contribution in [2.75, 3.05) is 0 Å². The number of rotatable bonds is 1. The van der Waals surface area contributed by atoms with Crippen LogP contribution >= 0.6 is 22.6 Å². The van der Waals surface area contributed by atoms with E-state index in [0.717, 1.165) is 22.1 Å². The fraction of sp³-hybridized carbons (Fsp3) is 0.571. The Morgan fingerprint density at radius 3 is 2.73 bits per heavy atom. The van der Waals surface area contributed by atoms with E-state index < -0.39 is 5.60 Å². The van der Waals surface area contributed by atoms with Gasteiger partial charge in [-0.25, -0.2) is 0 Å². The summed E-state index contributed by atoms with van der Waals surface area (Å²) in [4.78, 5) is 0. The molecule has 1 aliphatic rings. The Labute approximate surface area is 78.5 Å². The normalized spacial score (nSPS) is 20.3. The van der Waals surface area contributed by atoms with Gasteiger partial charge in [0, 0.05) is 12.6 Å². The van der Waals surface area contributed by atoms with E-state index in [4.69, 9.17) is 0 Å². The van der Waals surface area contributed by atoms with E-state index >= 15 is 0 Å². The molecule has 1 fully saturated rings. The number of hydrogen-bond donors (Lipinski definition) is 1. The molecule has 1 saturated carbocycles. The summed E-state index contributed by atoms with van der Waals surface area (Å²) in [5.41, 5.74) is 0.450. The number of halogens is 1. The van der Waals surface area contributed by atoms with Crippen LogP contribution in [0.5, 0.6) is 0 Å². The quantitative estimate of drug-likeness (QED) is 0.768. The van der Waals surface area contributed by atoms with Crippen molar-refractivity contribution < 1.29 is 5.11 Å². The fourth-order valence-corrected chi connectivity index (χ4v) is 1.89. The molecule has 0 aliphatic heterocycles. The van der Waals surface area contributed by atoms with Crippen LogP contribution in [0.1, 0.15) is 18.4 Å². The first-order valence-corrected chi connectivity index (χ1v) is 4.62. The second-order valence-corrected chi connectivity index (χ2v) is 4.03. The van der Waals surface area contributed by atoms with E-state index in [1.54, 1.807) is 10.9 Å². The number of nitrogens with zero attached hydrogens (tertiary/aromatic N) is 2. The molecule has 1 aromatic heterocycles. The van der Waals surface area contributed by atoms with Crippen molar-refractivity contribution in [2.24, 2.45) is 7.05 Å². The van der Waals surface area contributed by atoms with E-state index in [0.29, 0.717) is 0 Å². The summed E-state index contributed by atoms with van der Waals surface area (Å²) in [6.45, 7) is 0. The number of aliphatic hydroxyl groups is 1. The maximum absolute atomic E-state index is 9.74. The Kier molecular flexibility index (Phi) is 1.51. The van der Waals surface area contributed by atoms with Gasteiger partial charge in [0.15, 0.2) is 0 Å². The highest BCUT2D eigenvalue weighted by molar-refractivity contribution is 14.1. The van der Waals surface area contributed by atoms with E-state index in [1.165, 1.54) is 0 Å². The van der Waals surface area contributed by atoms with Gasteiger partial charge in [-0.1, -0.05) is 0 Å². The Balaban J connectivity index is 2.45. The van der Waals surface area contributed by atoms with Gasteiger partial charge in [0.05, 0.1) is 11.8 Å². The molecule has 0 aromatic carbocycles. The molecule has 1 aromatic rings. The molecule has 0 radical (unpaired) electrons. The van der Waals surface area contributed by atoms with E-state index in [9.17, 15) is 5.11 Å². The van der Waals surface area contributed by atoms with Crippen molar-refractivity contribution >= 4 is 22.6 Å². The molecular formula is C7H9IN2O. The van der Waals surface area contributed by atoms with Gasteiger partial charge in [-0.05, 0) is 35.4 Å². The molecule has 0 bridgehead atoms. The maximum atomic E-state index is 9.74. The lowest BCUT2D eigenvalue weighted by atomic mass is 10.2. The Morgan fingerprint density at radius 2 is 2.36 bits per heavy atom. The lowest BCUT2D eigenvalue weighted by Gasteiger charge is -2.04. The summed E-state index contributed by atoms with van der Waals surface area (Å²) >= 11 is 2.21. The van der Waals surface area contributed by atoms with E-state index in [-0.39, 0.29) is 0 Å². The lowest BCUT2D eigenvalue weighted by molar-refractivity contribution is 0.150. The van der Waals surface area contributed by atoms with Gasteiger partial charge in [-0.3, -0.25) is 4.68 Å². The van der Waals surface area contributed by atoms with Gasteiger partial charge in [-0.2, -0.15) is 5.10 Å². The molecule has 0 amide bonds. The second-order valence-electron chi connectivity index (χ2n) is 3.00. The number of aromatic nitrogens is 2. The summed E-state index contributed by atoms with van der Waals surface area (Å²) in [6.07, 6.45) is 3.53. The first-order chi connectivity index (χ1) is 5.13. The maximum Gasteiger partial charge on any atom is 0.105 e. The van der Waals surface area contributed by atoms with Crippen molar-refractivity contribution in [3.63, 3.8) is 0 Å². The third-order valence-corrected chi connectivity index (χ3v) is 3.37. The van der Waals surface area contributed by atoms with Gasteiger partial charge in [0.2, 0.25) is 0 Å². The smallest absolute Gasteiger partial charge is 0.105 e. The van der Waals surface area contributed by atoms with Crippen LogP contribution in [0.3, 0.4) is 0 Å². The molecule has 0 atom stereocenters. The molecule has 3 nitrogen and oxygen atoms in total. The first kappa shape index (κ1) is 7.54. The largest absolute Gasteiger partial charge is 0.385 e. The third-order valence-electron chi connectivity index (χ3n) is 2.09. The minimum Gasteiger partial charge on any atom is -0.385 e. The third kappa shape index (κ3) is 1.08. The topological polar surface area (TPSA) is 38.0 Å². The van der Waals surface area contributed by atoms with Crippen molar-refractivity contribution in [1.29, 1.82) is 0 Å². The molecule has 1 N–H and O–H groups in total. The minimum atomic E-state index is -0.537. The summed E-state index contributed by atoms with van der Waals surface area (Å²) < 4.78 is 2.83. The molecule has 1 aliphatic carbocycles. The highest BCUT2D eigenvalue weighted by Gasteiger charge is 2.44. The Hall–Kier alpha value is -0.100. The molecule has 0 saturated heterocycles. The van der Waals surface area contributed by atoms with Gasteiger partial charge >= 0.3 is 0 Å². The van der Waals surface area contributed by atoms with E-state index in [1.807, 2.05) is 7.05 Å².